The number of nitrogens with zero attached hydrogens (tertiary/aromatic N) is 1. The third-order valence-corrected chi connectivity index (χ3v) is 4.27. The second-order valence-corrected chi connectivity index (χ2v) is 5.98. The number of halogens is 1. The first kappa shape index (κ1) is 14.2. The summed E-state index contributed by atoms with van der Waals surface area (Å²) in [4.78, 5) is 14.0. The van der Waals surface area contributed by atoms with E-state index in [1.807, 2.05) is 24.3 Å². The number of carbonyl (C=O) groups excluding carboxylic acids is 1. The van der Waals surface area contributed by atoms with Crippen molar-refractivity contribution in [3.05, 3.63) is 64.7 Å². The topological polar surface area (TPSA) is 20.3 Å². The van der Waals surface area contributed by atoms with E-state index >= 15 is 0 Å². The molecule has 0 bridgehead atoms. The fourth-order valence-electron chi connectivity index (χ4n) is 3.11. The average molecular weight is 300 g/mol. The summed E-state index contributed by atoms with van der Waals surface area (Å²) in [6.07, 6.45) is 1.53. The molecule has 2 aromatic rings. The van der Waals surface area contributed by atoms with Gasteiger partial charge in [0, 0.05) is 23.7 Å². The van der Waals surface area contributed by atoms with Crippen molar-refractivity contribution in [2.75, 3.05) is 11.4 Å². The zero-order valence-electron chi connectivity index (χ0n) is 12.1. The van der Waals surface area contributed by atoms with Crippen molar-refractivity contribution in [1.29, 1.82) is 0 Å². The molecule has 21 heavy (non-hydrogen) atoms. The molecule has 0 saturated carbocycles. The first-order chi connectivity index (χ1) is 10.1. The zero-order valence-corrected chi connectivity index (χ0v) is 12.8. The largest absolute Gasteiger partial charge is 0.364 e. The van der Waals surface area contributed by atoms with Crippen LogP contribution < -0.4 is 4.90 Å². The molecule has 0 saturated heterocycles. The summed E-state index contributed by atoms with van der Waals surface area (Å²) in [5.41, 5.74) is 3.70. The molecular formula is C18H18ClNO. The number of fused-ring (bicyclic) bond motifs is 1. The maximum atomic E-state index is 11.7. The van der Waals surface area contributed by atoms with E-state index in [0.29, 0.717) is 6.42 Å². The number of benzene rings is 2. The molecule has 2 aromatic carbocycles. The van der Waals surface area contributed by atoms with Crippen LogP contribution in [0.4, 0.5) is 5.69 Å². The van der Waals surface area contributed by atoms with Gasteiger partial charge in [0.2, 0.25) is 0 Å². The molecule has 0 fully saturated rings. The Morgan fingerprint density at radius 3 is 2.81 bits per heavy atom. The Balaban J connectivity index is 2.02. The Morgan fingerprint density at radius 1 is 1.24 bits per heavy atom. The highest BCUT2D eigenvalue weighted by molar-refractivity contribution is 6.30. The summed E-state index contributed by atoms with van der Waals surface area (Å²) in [6, 6.07) is 16.4. The van der Waals surface area contributed by atoms with Crippen LogP contribution in [0.5, 0.6) is 0 Å². The minimum absolute atomic E-state index is 0.103. The van der Waals surface area contributed by atoms with Crippen LogP contribution in [-0.4, -0.2) is 12.3 Å². The summed E-state index contributed by atoms with van der Waals surface area (Å²) >= 11 is 6.12. The quantitative estimate of drug-likeness (QED) is 0.836. The van der Waals surface area contributed by atoms with Gasteiger partial charge in [0.05, 0.1) is 6.04 Å². The first-order valence-corrected chi connectivity index (χ1v) is 7.62. The molecule has 1 unspecified atom stereocenters. The lowest BCUT2D eigenvalue weighted by Crippen LogP contribution is -2.36. The number of ketones is 1. The minimum Gasteiger partial charge on any atom is -0.364 e. The van der Waals surface area contributed by atoms with Gasteiger partial charge in [-0.3, -0.25) is 4.79 Å². The highest BCUT2D eigenvalue weighted by Crippen LogP contribution is 2.36. The lowest BCUT2D eigenvalue weighted by molar-refractivity contribution is -0.117. The molecule has 1 aliphatic heterocycles. The Kier molecular flexibility index (Phi) is 3.98. The van der Waals surface area contributed by atoms with Crippen LogP contribution in [0.25, 0.3) is 0 Å². The van der Waals surface area contributed by atoms with Gasteiger partial charge in [0.1, 0.15) is 5.78 Å². The number of Topliss-reactive ketones (excluding diaryl/α,β-unsaturated/α-hetero) is 1. The molecule has 1 heterocycles. The maximum absolute atomic E-state index is 11.7. The van der Waals surface area contributed by atoms with Crippen molar-refractivity contribution in [2.45, 2.75) is 25.8 Å². The zero-order chi connectivity index (χ0) is 14.8. The Hall–Kier alpha value is -1.80. The fraction of sp³-hybridized carbons (Fsp3) is 0.278. The van der Waals surface area contributed by atoms with Crippen LogP contribution in [0.3, 0.4) is 0 Å². The number of anilines is 1. The van der Waals surface area contributed by atoms with Crippen molar-refractivity contribution in [1.82, 2.24) is 0 Å². The Labute approximate surface area is 130 Å². The van der Waals surface area contributed by atoms with Crippen molar-refractivity contribution in [3.63, 3.8) is 0 Å². The van der Waals surface area contributed by atoms with Gasteiger partial charge in [0.15, 0.2) is 0 Å². The third kappa shape index (κ3) is 2.96. The molecule has 0 amide bonds. The van der Waals surface area contributed by atoms with Crippen molar-refractivity contribution < 1.29 is 4.79 Å². The SMILES string of the molecule is CC(=O)CC1c2ccccc2CCN1c1cccc(Cl)c1. The van der Waals surface area contributed by atoms with Crippen LogP contribution >= 0.6 is 11.6 Å². The van der Waals surface area contributed by atoms with Crippen LogP contribution in [0, 0.1) is 0 Å². The van der Waals surface area contributed by atoms with Gasteiger partial charge in [-0.1, -0.05) is 41.9 Å². The molecule has 0 aliphatic carbocycles. The molecular weight excluding hydrogens is 282 g/mol. The summed E-state index contributed by atoms with van der Waals surface area (Å²) in [5.74, 6) is 0.212. The van der Waals surface area contributed by atoms with Gasteiger partial charge in [-0.2, -0.15) is 0 Å². The lowest BCUT2D eigenvalue weighted by atomic mass is 9.89. The fourth-order valence-corrected chi connectivity index (χ4v) is 3.29. The van der Waals surface area contributed by atoms with Crippen LogP contribution in [0.15, 0.2) is 48.5 Å². The van der Waals surface area contributed by atoms with Crippen molar-refractivity contribution in [3.8, 4) is 0 Å². The summed E-state index contributed by atoms with van der Waals surface area (Å²) in [5, 5.41) is 0.730. The molecule has 0 N–H and O–H groups in total. The van der Waals surface area contributed by atoms with Gasteiger partial charge in [-0.15, -0.1) is 0 Å². The molecule has 0 spiro atoms. The molecule has 3 heteroatoms. The molecule has 3 rings (SSSR count). The summed E-state index contributed by atoms with van der Waals surface area (Å²) in [6.45, 7) is 2.57. The predicted octanol–water partition coefficient (Wildman–Crippen LogP) is 4.42. The van der Waals surface area contributed by atoms with E-state index < -0.39 is 0 Å². The van der Waals surface area contributed by atoms with Gasteiger partial charge < -0.3 is 4.90 Å². The second kappa shape index (κ2) is 5.90. The molecule has 1 atom stereocenters. The third-order valence-electron chi connectivity index (χ3n) is 4.03. The maximum Gasteiger partial charge on any atom is 0.132 e. The van der Waals surface area contributed by atoms with E-state index in [9.17, 15) is 4.79 Å². The molecule has 108 valence electrons. The van der Waals surface area contributed by atoms with E-state index in [1.165, 1.54) is 11.1 Å². The number of rotatable bonds is 3. The van der Waals surface area contributed by atoms with E-state index in [0.717, 1.165) is 23.7 Å². The van der Waals surface area contributed by atoms with E-state index in [2.05, 4.69) is 29.2 Å². The number of carbonyl (C=O) groups is 1. The molecule has 0 aromatic heterocycles. The molecule has 1 aliphatic rings. The standard InChI is InChI=1S/C18H18ClNO/c1-13(21)11-18-17-8-3-2-5-14(17)9-10-20(18)16-7-4-6-15(19)12-16/h2-8,12,18H,9-11H2,1H3. The van der Waals surface area contributed by atoms with Crippen LogP contribution in [0.2, 0.25) is 5.02 Å². The average Bonchev–Trinajstić information content (AvgIpc) is 2.47. The van der Waals surface area contributed by atoms with Gasteiger partial charge in [-0.05, 0) is 42.7 Å². The predicted molar refractivity (Wildman–Crippen MR) is 87.0 cm³/mol. The number of hydrogen-bond donors (Lipinski definition) is 0. The number of hydrogen-bond acceptors (Lipinski definition) is 2. The van der Waals surface area contributed by atoms with E-state index in [4.69, 9.17) is 11.6 Å². The van der Waals surface area contributed by atoms with Crippen LogP contribution in [-0.2, 0) is 11.2 Å². The van der Waals surface area contributed by atoms with E-state index in [-0.39, 0.29) is 11.8 Å². The monoisotopic (exact) mass is 299 g/mol. The molecule has 2 nitrogen and oxygen atoms in total. The second-order valence-electron chi connectivity index (χ2n) is 5.54. The Morgan fingerprint density at radius 2 is 2.05 bits per heavy atom. The van der Waals surface area contributed by atoms with Gasteiger partial charge >= 0.3 is 0 Å². The van der Waals surface area contributed by atoms with Crippen LogP contribution in [0.1, 0.15) is 30.5 Å². The van der Waals surface area contributed by atoms with Gasteiger partial charge in [-0.25, -0.2) is 0 Å². The highest BCUT2D eigenvalue weighted by Gasteiger charge is 2.28. The normalized spacial score (nSPS) is 17.4. The highest BCUT2D eigenvalue weighted by atomic mass is 35.5. The lowest BCUT2D eigenvalue weighted by Gasteiger charge is -2.39. The molecule has 0 radical (unpaired) electrons. The minimum atomic E-state index is 0.103. The first-order valence-electron chi connectivity index (χ1n) is 7.24. The summed E-state index contributed by atoms with van der Waals surface area (Å²) in [7, 11) is 0. The van der Waals surface area contributed by atoms with Gasteiger partial charge in [0.25, 0.3) is 0 Å². The van der Waals surface area contributed by atoms with Crippen molar-refractivity contribution in [2.24, 2.45) is 0 Å². The van der Waals surface area contributed by atoms with Crippen molar-refractivity contribution >= 4 is 23.1 Å². The van der Waals surface area contributed by atoms with E-state index in [1.54, 1.807) is 6.92 Å². The Bertz CT molecular complexity index is 668. The smallest absolute Gasteiger partial charge is 0.132 e. The summed E-state index contributed by atoms with van der Waals surface area (Å²) < 4.78 is 0.